The van der Waals surface area contributed by atoms with Crippen molar-refractivity contribution in [3.63, 3.8) is 0 Å². The molecule has 0 aliphatic rings. The molecule has 5 nitrogen and oxygen atoms in total. The van der Waals surface area contributed by atoms with Crippen molar-refractivity contribution < 1.29 is 4.39 Å². The molecule has 0 saturated heterocycles. The average Bonchev–Trinajstić information content (AvgIpc) is 2.88. The van der Waals surface area contributed by atoms with Crippen molar-refractivity contribution in [3.8, 4) is 11.3 Å². The third-order valence-electron chi connectivity index (χ3n) is 3.49. The maximum absolute atomic E-state index is 13.2. The van der Waals surface area contributed by atoms with Gasteiger partial charge in [-0.1, -0.05) is 0 Å². The minimum absolute atomic E-state index is 0.239. The van der Waals surface area contributed by atoms with Gasteiger partial charge in [-0.05, 0) is 45.0 Å². The lowest BCUT2D eigenvalue weighted by Crippen LogP contribution is -2.23. The predicted octanol–water partition coefficient (Wildman–Crippen LogP) is 2.85. The number of rotatable bonds is 2. The van der Waals surface area contributed by atoms with Crippen molar-refractivity contribution in [2.45, 2.75) is 32.9 Å². The Morgan fingerprint density at radius 3 is 2.41 bits per heavy atom. The summed E-state index contributed by atoms with van der Waals surface area (Å²) >= 11 is 0. The van der Waals surface area contributed by atoms with Gasteiger partial charge in [0.1, 0.15) is 17.8 Å². The average molecular weight is 299 g/mol. The summed E-state index contributed by atoms with van der Waals surface area (Å²) in [6.45, 7) is 6.46. The van der Waals surface area contributed by atoms with Gasteiger partial charge in [0.2, 0.25) is 0 Å². The normalized spacial score (nSPS) is 12.0. The molecule has 2 N–H and O–H groups in total. The van der Waals surface area contributed by atoms with E-state index in [1.54, 1.807) is 12.1 Å². The number of hydrogen-bond acceptors (Lipinski definition) is 4. The van der Waals surface area contributed by atoms with Crippen LogP contribution in [0.3, 0.4) is 0 Å². The van der Waals surface area contributed by atoms with Crippen LogP contribution in [0.4, 0.5) is 4.39 Å². The van der Waals surface area contributed by atoms with Crippen LogP contribution in [0.1, 0.15) is 26.5 Å². The van der Waals surface area contributed by atoms with Gasteiger partial charge < -0.3 is 5.73 Å². The molecule has 2 heterocycles. The second-order valence-corrected chi connectivity index (χ2v) is 6.16. The van der Waals surface area contributed by atoms with Crippen molar-refractivity contribution >= 4 is 11.0 Å². The number of benzene rings is 1. The molecule has 0 fully saturated rings. The van der Waals surface area contributed by atoms with Gasteiger partial charge in [0, 0.05) is 12.1 Å². The van der Waals surface area contributed by atoms with Crippen molar-refractivity contribution in [2.24, 2.45) is 5.73 Å². The standard InChI is InChI=1S/C16H18FN5/c1-16(2,3)22-15-13(12(8-18)19-9-20-15)14(21-22)10-4-6-11(17)7-5-10/h4-7,9H,8,18H2,1-3H3. The van der Waals surface area contributed by atoms with Crippen LogP contribution in [-0.4, -0.2) is 19.7 Å². The number of nitrogens with two attached hydrogens (primary N) is 1. The van der Waals surface area contributed by atoms with Gasteiger partial charge in [0.25, 0.3) is 0 Å². The smallest absolute Gasteiger partial charge is 0.162 e. The quantitative estimate of drug-likeness (QED) is 0.790. The fourth-order valence-corrected chi connectivity index (χ4v) is 2.44. The number of aromatic nitrogens is 4. The van der Waals surface area contributed by atoms with E-state index >= 15 is 0 Å². The van der Waals surface area contributed by atoms with Crippen LogP contribution in [0.15, 0.2) is 30.6 Å². The zero-order valence-electron chi connectivity index (χ0n) is 12.8. The third kappa shape index (κ3) is 2.35. The second-order valence-electron chi connectivity index (χ2n) is 6.16. The van der Waals surface area contributed by atoms with E-state index in [0.717, 1.165) is 28.0 Å². The monoisotopic (exact) mass is 299 g/mol. The zero-order chi connectivity index (χ0) is 15.9. The molecule has 1 aromatic carbocycles. The third-order valence-corrected chi connectivity index (χ3v) is 3.49. The molecule has 0 amide bonds. The van der Waals surface area contributed by atoms with Crippen LogP contribution in [0.25, 0.3) is 22.3 Å². The topological polar surface area (TPSA) is 69.6 Å². The van der Waals surface area contributed by atoms with Crippen LogP contribution >= 0.6 is 0 Å². The molecule has 0 aliphatic heterocycles. The van der Waals surface area contributed by atoms with Crippen molar-refractivity contribution in [3.05, 3.63) is 42.1 Å². The number of halogens is 1. The molecular weight excluding hydrogens is 281 g/mol. The van der Waals surface area contributed by atoms with Crippen LogP contribution in [0.5, 0.6) is 0 Å². The first-order valence-electron chi connectivity index (χ1n) is 7.11. The van der Waals surface area contributed by atoms with Crippen LogP contribution in [0.2, 0.25) is 0 Å². The lowest BCUT2D eigenvalue weighted by molar-refractivity contribution is 0.366. The molecule has 3 rings (SSSR count). The van der Waals surface area contributed by atoms with E-state index in [9.17, 15) is 4.39 Å². The summed E-state index contributed by atoms with van der Waals surface area (Å²) < 4.78 is 15.0. The lowest BCUT2D eigenvalue weighted by atomic mass is 10.1. The van der Waals surface area contributed by atoms with Crippen molar-refractivity contribution in [1.29, 1.82) is 0 Å². The minimum atomic E-state index is -0.279. The van der Waals surface area contributed by atoms with E-state index < -0.39 is 0 Å². The van der Waals surface area contributed by atoms with Crippen LogP contribution in [-0.2, 0) is 12.1 Å². The van der Waals surface area contributed by atoms with Gasteiger partial charge in [0.05, 0.1) is 16.6 Å². The van der Waals surface area contributed by atoms with Crippen LogP contribution < -0.4 is 5.73 Å². The Hall–Kier alpha value is -2.34. The summed E-state index contributed by atoms with van der Waals surface area (Å²) in [5.74, 6) is -0.279. The van der Waals surface area contributed by atoms with E-state index in [4.69, 9.17) is 10.8 Å². The van der Waals surface area contributed by atoms with Crippen LogP contribution in [0, 0.1) is 5.82 Å². The summed E-state index contributed by atoms with van der Waals surface area (Å²) in [6.07, 6.45) is 1.50. The van der Waals surface area contributed by atoms with E-state index in [-0.39, 0.29) is 11.4 Å². The fourth-order valence-electron chi connectivity index (χ4n) is 2.44. The Morgan fingerprint density at radius 2 is 1.82 bits per heavy atom. The van der Waals surface area contributed by atoms with Gasteiger partial charge in [-0.15, -0.1) is 0 Å². The Labute approximate surface area is 128 Å². The Kier molecular flexibility index (Phi) is 3.41. The molecule has 6 heteroatoms. The fraction of sp³-hybridized carbons (Fsp3) is 0.312. The maximum Gasteiger partial charge on any atom is 0.162 e. The highest BCUT2D eigenvalue weighted by Gasteiger charge is 2.23. The molecule has 2 aromatic heterocycles. The summed E-state index contributed by atoms with van der Waals surface area (Å²) in [5, 5.41) is 5.53. The van der Waals surface area contributed by atoms with E-state index in [2.05, 4.69) is 30.7 Å². The highest BCUT2D eigenvalue weighted by Crippen LogP contribution is 2.31. The molecule has 0 saturated carbocycles. The molecule has 0 radical (unpaired) electrons. The van der Waals surface area contributed by atoms with Gasteiger partial charge in [-0.3, -0.25) is 0 Å². The molecule has 0 bridgehead atoms. The molecular formula is C16H18FN5. The summed E-state index contributed by atoms with van der Waals surface area (Å²) in [7, 11) is 0. The molecule has 3 aromatic rings. The summed E-state index contributed by atoms with van der Waals surface area (Å²) in [4.78, 5) is 8.64. The Morgan fingerprint density at radius 1 is 1.14 bits per heavy atom. The molecule has 114 valence electrons. The largest absolute Gasteiger partial charge is 0.325 e. The highest BCUT2D eigenvalue weighted by molar-refractivity contribution is 5.93. The first-order valence-corrected chi connectivity index (χ1v) is 7.11. The summed E-state index contributed by atoms with van der Waals surface area (Å²) in [6, 6.07) is 6.25. The van der Waals surface area contributed by atoms with Gasteiger partial charge in [0.15, 0.2) is 5.65 Å². The van der Waals surface area contributed by atoms with E-state index in [0.29, 0.717) is 6.54 Å². The second kappa shape index (κ2) is 5.14. The van der Waals surface area contributed by atoms with Gasteiger partial charge >= 0.3 is 0 Å². The number of nitrogens with zero attached hydrogens (tertiary/aromatic N) is 4. The van der Waals surface area contributed by atoms with Gasteiger partial charge in [-0.25, -0.2) is 19.0 Å². The summed E-state index contributed by atoms with van der Waals surface area (Å²) in [5.41, 5.74) is 8.60. The van der Waals surface area contributed by atoms with E-state index in [1.807, 2.05) is 4.68 Å². The SMILES string of the molecule is CC(C)(C)n1nc(-c2ccc(F)cc2)c2c(CN)ncnc21. The molecule has 0 unspecified atom stereocenters. The van der Waals surface area contributed by atoms with Gasteiger partial charge in [-0.2, -0.15) is 5.10 Å². The Bertz CT molecular complexity index is 815. The predicted molar refractivity (Wildman–Crippen MR) is 83.6 cm³/mol. The number of fused-ring (bicyclic) bond motifs is 1. The molecule has 0 aliphatic carbocycles. The molecule has 22 heavy (non-hydrogen) atoms. The first kappa shape index (κ1) is 14.6. The lowest BCUT2D eigenvalue weighted by Gasteiger charge is -2.19. The molecule has 0 atom stereocenters. The molecule has 0 spiro atoms. The Balaban J connectivity index is 2.36. The van der Waals surface area contributed by atoms with Crippen molar-refractivity contribution in [1.82, 2.24) is 19.7 Å². The highest BCUT2D eigenvalue weighted by atomic mass is 19.1. The zero-order valence-corrected chi connectivity index (χ0v) is 12.8. The van der Waals surface area contributed by atoms with Crippen molar-refractivity contribution in [2.75, 3.05) is 0 Å². The van der Waals surface area contributed by atoms with E-state index in [1.165, 1.54) is 18.5 Å². The minimum Gasteiger partial charge on any atom is -0.325 e. The first-order chi connectivity index (χ1) is 10.4. The number of hydrogen-bond donors (Lipinski definition) is 1. The maximum atomic E-state index is 13.2.